The van der Waals surface area contributed by atoms with Crippen molar-refractivity contribution >= 4 is 34.5 Å². The zero-order valence-corrected chi connectivity index (χ0v) is 15.9. The molecule has 4 aromatic rings. The van der Waals surface area contributed by atoms with Crippen LogP contribution in [0.1, 0.15) is 20.0 Å². The van der Waals surface area contributed by atoms with E-state index in [-0.39, 0.29) is 11.6 Å². The molecule has 0 aliphatic heterocycles. The second kappa shape index (κ2) is 8.12. The lowest BCUT2D eigenvalue weighted by molar-refractivity contribution is 0.102. The molecular formula is C22H16FN3O2S. The predicted octanol–water partition coefficient (Wildman–Crippen LogP) is 5.18. The molecule has 5 nitrogen and oxygen atoms in total. The summed E-state index contributed by atoms with van der Waals surface area (Å²) in [6.45, 7) is 0. The number of rotatable bonds is 5. The lowest BCUT2D eigenvalue weighted by Crippen LogP contribution is -2.14. The lowest BCUT2D eigenvalue weighted by Gasteiger charge is -2.10. The second-order valence-electron chi connectivity index (χ2n) is 6.22. The van der Waals surface area contributed by atoms with E-state index < -0.39 is 11.7 Å². The van der Waals surface area contributed by atoms with Crippen molar-refractivity contribution in [3.63, 3.8) is 0 Å². The minimum Gasteiger partial charge on any atom is -0.324 e. The molecule has 2 aromatic carbocycles. The van der Waals surface area contributed by atoms with Crippen LogP contribution in [0.3, 0.4) is 0 Å². The number of carbonyl (C=O) groups is 2. The van der Waals surface area contributed by atoms with Crippen LogP contribution in [0.4, 0.5) is 15.8 Å². The third kappa shape index (κ3) is 4.25. The highest BCUT2D eigenvalue weighted by atomic mass is 32.1. The molecule has 0 saturated heterocycles. The Labute approximate surface area is 170 Å². The van der Waals surface area contributed by atoms with Crippen LogP contribution in [0, 0.1) is 5.82 Å². The maximum atomic E-state index is 14.2. The van der Waals surface area contributed by atoms with Gasteiger partial charge >= 0.3 is 0 Å². The summed E-state index contributed by atoms with van der Waals surface area (Å²) < 4.78 is 16.0. The standard InChI is InChI=1S/C22H16FN3O2S/c23-18-10-9-17(26-11-1-2-12-26)14-19(18)25-21(27)15-5-7-16(8-6-15)24-22(28)20-4-3-13-29-20/h1-14H,(H,24,28)(H,25,27). The number of carbonyl (C=O) groups excluding carboxylic acids is 2. The first kappa shape index (κ1) is 18.6. The lowest BCUT2D eigenvalue weighted by atomic mass is 10.1. The largest absolute Gasteiger partial charge is 0.324 e. The van der Waals surface area contributed by atoms with Crippen LogP contribution in [0.5, 0.6) is 0 Å². The van der Waals surface area contributed by atoms with Gasteiger partial charge in [0.1, 0.15) is 5.82 Å². The van der Waals surface area contributed by atoms with Gasteiger partial charge in [-0.3, -0.25) is 9.59 Å². The monoisotopic (exact) mass is 405 g/mol. The Morgan fingerprint density at radius 1 is 0.862 bits per heavy atom. The predicted molar refractivity (Wildman–Crippen MR) is 112 cm³/mol. The molecule has 2 heterocycles. The van der Waals surface area contributed by atoms with Gasteiger partial charge in [-0.05, 0) is 66.0 Å². The molecular weight excluding hydrogens is 389 g/mol. The normalized spacial score (nSPS) is 10.5. The molecule has 0 bridgehead atoms. The van der Waals surface area contributed by atoms with Crippen molar-refractivity contribution in [3.05, 3.63) is 101 Å². The maximum Gasteiger partial charge on any atom is 0.265 e. The summed E-state index contributed by atoms with van der Waals surface area (Å²) in [6.07, 6.45) is 3.67. The summed E-state index contributed by atoms with van der Waals surface area (Å²) in [4.78, 5) is 25.2. The van der Waals surface area contributed by atoms with Gasteiger partial charge in [-0.25, -0.2) is 4.39 Å². The van der Waals surface area contributed by atoms with E-state index in [1.165, 1.54) is 17.4 Å². The van der Waals surface area contributed by atoms with E-state index in [0.29, 0.717) is 16.1 Å². The van der Waals surface area contributed by atoms with E-state index in [1.807, 2.05) is 34.5 Å². The smallest absolute Gasteiger partial charge is 0.265 e. The molecule has 4 rings (SSSR count). The molecule has 0 fully saturated rings. The first-order chi connectivity index (χ1) is 14.1. The number of amides is 2. The molecule has 2 N–H and O–H groups in total. The van der Waals surface area contributed by atoms with Gasteiger partial charge in [-0.2, -0.15) is 0 Å². The number of nitrogens with one attached hydrogen (secondary N) is 2. The number of halogens is 1. The highest BCUT2D eigenvalue weighted by molar-refractivity contribution is 7.12. The van der Waals surface area contributed by atoms with E-state index in [0.717, 1.165) is 5.69 Å². The van der Waals surface area contributed by atoms with Crippen molar-refractivity contribution < 1.29 is 14.0 Å². The molecule has 2 aromatic heterocycles. The van der Waals surface area contributed by atoms with E-state index in [2.05, 4.69) is 10.6 Å². The number of anilines is 2. The molecule has 0 aliphatic carbocycles. The average Bonchev–Trinajstić information content (AvgIpc) is 3.44. The first-order valence-electron chi connectivity index (χ1n) is 8.79. The highest BCUT2D eigenvalue weighted by Gasteiger charge is 2.12. The van der Waals surface area contributed by atoms with E-state index in [4.69, 9.17) is 0 Å². The molecule has 2 amide bonds. The Morgan fingerprint density at radius 3 is 2.31 bits per heavy atom. The molecule has 29 heavy (non-hydrogen) atoms. The fourth-order valence-electron chi connectivity index (χ4n) is 2.78. The third-order valence-electron chi connectivity index (χ3n) is 4.25. The molecule has 0 aliphatic rings. The van der Waals surface area contributed by atoms with Crippen LogP contribution < -0.4 is 10.6 Å². The van der Waals surface area contributed by atoms with Crippen LogP contribution in [-0.2, 0) is 0 Å². The van der Waals surface area contributed by atoms with Crippen LogP contribution in [-0.4, -0.2) is 16.4 Å². The van der Waals surface area contributed by atoms with Crippen molar-refractivity contribution in [1.82, 2.24) is 4.57 Å². The number of hydrogen-bond acceptors (Lipinski definition) is 3. The second-order valence-corrected chi connectivity index (χ2v) is 7.17. The Hall–Kier alpha value is -3.71. The first-order valence-corrected chi connectivity index (χ1v) is 9.67. The molecule has 0 atom stereocenters. The van der Waals surface area contributed by atoms with Gasteiger partial charge in [0.05, 0.1) is 10.6 Å². The van der Waals surface area contributed by atoms with Gasteiger partial charge in [-0.1, -0.05) is 6.07 Å². The van der Waals surface area contributed by atoms with Gasteiger partial charge < -0.3 is 15.2 Å². The number of aromatic nitrogens is 1. The van der Waals surface area contributed by atoms with Crippen LogP contribution in [0.25, 0.3) is 5.69 Å². The fraction of sp³-hybridized carbons (Fsp3) is 0. The maximum absolute atomic E-state index is 14.2. The minimum atomic E-state index is -0.519. The van der Waals surface area contributed by atoms with E-state index in [9.17, 15) is 14.0 Å². The van der Waals surface area contributed by atoms with E-state index in [1.54, 1.807) is 48.5 Å². The number of thiophene rings is 1. The molecule has 0 radical (unpaired) electrons. The summed E-state index contributed by atoms with van der Waals surface area (Å²) in [7, 11) is 0. The van der Waals surface area contributed by atoms with Crippen molar-refractivity contribution in [2.24, 2.45) is 0 Å². The SMILES string of the molecule is O=C(Nc1cc(-n2cccc2)ccc1F)c1ccc(NC(=O)c2cccs2)cc1. The van der Waals surface area contributed by atoms with Crippen LogP contribution in [0.15, 0.2) is 84.5 Å². The summed E-state index contributed by atoms with van der Waals surface area (Å²) >= 11 is 1.35. The van der Waals surface area contributed by atoms with Crippen molar-refractivity contribution in [3.8, 4) is 5.69 Å². The molecule has 0 saturated carbocycles. The molecule has 0 spiro atoms. The van der Waals surface area contributed by atoms with Crippen molar-refractivity contribution in [2.45, 2.75) is 0 Å². The van der Waals surface area contributed by atoms with Crippen LogP contribution in [0.2, 0.25) is 0 Å². The Balaban J connectivity index is 1.46. The summed E-state index contributed by atoms with van der Waals surface area (Å²) in [6, 6.07) is 18.2. The van der Waals surface area contributed by atoms with Gasteiger partial charge in [0, 0.05) is 29.3 Å². The number of hydrogen-bond donors (Lipinski definition) is 2. The van der Waals surface area contributed by atoms with Gasteiger partial charge in [-0.15, -0.1) is 11.3 Å². The zero-order valence-electron chi connectivity index (χ0n) is 15.1. The van der Waals surface area contributed by atoms with Gasteiger partial charge in [0.15, 0.2) is 0 Å². The summed E-state index contributed by atoms with van der Waals surface area (Å²) in [5, 5.41) is 7.19. The van der Waals surface area contributed by atoms with E-state index >= 15 is 0 Å². The molecule has 0 unspecified atom stereocenters. The molecule has 144 valence electrons. The Morgan fingerprint density at radius 2 is 1.62 bits per heavy atom. The van der Waals surface area contributed by atoms with Crippen molar-refractivity contribution in [1.29, 1.82) is 0 Å². The van der Waals surface area contributed by atoms with Gasteiger partial charge in [0.25, 0.3) is 11.8 Å². The Bertz CT molecular complexity index is 1140. The zero-order chi connectivity index (χ0) is 20.2. The average molecular weight is 405 g/mol. The number of nitrogens with zero attached hydrogens (tertiary/aromatic N) is 1. The van der Waals surface area contributed by atoms with Crippen LogP contribution >= 0.6 is 11.3 Å². The summed E-state index contributed by atoms with van der Waals surface area (Å²) in [5.74, 6) is -1.17. The molecule has 7 heteroatoms. The minimum absolute atomic E-state index is 0.0938. The quantitative estimate of drug-likeness (QED) is 0.480. The summed E-state index contributed by atoms with van der Waals surface area (Å²) in [5.41, 5.74) is 1.75. The topological polar surface area (TPSA) is 63.1 Å². The number of benzene rings is 2. The highest BCUT2D eigenvalue weighted by Crippen LogP contribution is 2.21. The third-order valence-corrected chi connectivity index (χ3v) is 5.12. The fourth-order valence-corrected chi connectivity index (χ4v) is 3.40. The van der Waals surface area contributed by atoms with Gasteiger partial charge in [0.2, 0.25) is 0 Å². The Kier molecular flexibility index (Phi) is 5.22. The van der Waals surface area contributed by atoms with Crippen molar-refractivity contribution in [2.75, 3.05) is 10.6 Å².